The predicted octanol–water partition coefficient (Wildman–Crippen LogP) is 33.3. The fourth-order valence-electron chi connectivity index (χ4n) is 17.0. The van der Waals surface area contributed by atoms with E-state index in [-0.39, 0.29) is 0 Å². The summed E-state index contributed by atoms with van der Waals surface area (Å²) in [6.07, 6.45) is 0. The quantitative estimate of drug-likeness (QED) is 0.0896. The van der Waals surface area contributed by atoms with E-state index in [9.17, 15) is 0 Å². The first-order valence-electron chi connectivity index (χ1n) is 41.2. The molecule has 0 amide bonds. The number of hydrogen-bond donors (Lipinski definition) is 0. The van der Waals surface area contributed by atoms with Gasteiger partial charge in [0.25, 0.3) is 0 Å². The van der Waals surface area contributed by atoms with Gasteiger partial charge in [0, 0.05) is 34.1 Å². The van der Waals surface area contributed by atoms with Gasteiger partial charge in [-0.3, -0.25) is 0 Å². The minimum atomic E-state index is 1.09. The van der Waals surface area contributed by atoms with E-state index in [2.05, 4.69) is 507 Å². The number of rotatable bonds is 17. The highest BCUT2D eigenvalue weighted by Gasteiger charge is 2.19. The van der Waals surface area contributed by atoms with Crippen molar-refractivity contribution >= 4 is 77.2 Å². The monoisotopic (exact) mass is 1530 g/mol. The van der Waals surface area contributed by atoms with Crippen LogP contribution in [0.2, 0.25) is 0 Å². The van der Waals surface area contributed by atoms with Crippen molar-refractivity contribution < 1.29 is 0 Å². The van der Waals surface area contributed by atoms with Crippen molar-refractivity contribution in [2.45, 2.75) is 0 Å². The molecule has 0 unspecified atom stereocenters. The third-order valence-corrected chi connectivity index (χ3v) is 23.4. The minimum Gasteiger partial charge on any atom is -0.311 e. The molecule has 0 spiro atoms. The zero-order valence-electron chi connectivity index (χ0n) is 66.2. The highest BCUT2D eigenvalue weighted by Crippen LogP contribution is 2.43. The summed E-state index contributed by atoms with van der Waals surface area (Å²) in [4.78, 5) is 4.70. The Morgan fingerprint density at radius 1 is 0.100 bits per heavy atom. The lowest BCUT2D eigenvalue weighted by atomic mass is 9.96. The van der Waals surface area contributed by atoms with Crippen molar-refractivity contribution in [3.05, 3.63) is 497 Å². The summed E-state index contributed by atoms with van der Waals surface area (Å²) in [6.45, 7) is 0. The maximum absolute atomic E-state index is 2.35. The Morgan fingerprint density at radius 2 is 0.283 bits per heavy atom. The van der Waals surface area contributed by atoms with Crippen LogP contribution in [0.4, 0.5) is 34.1 Å². The Kier molecular flexibility index (Phi) is 20.3. The number of benzene rings is 21. The molecule has 0 radical (unpaired) electrons. The van der Waals surface area contributed by atoms with Crippen LogP contribution in [0.15, 0.2) is 497 Å². The fraction of sp³-hybridized carbons (Fsp3) is 0. The molecule has 120 heavy (non-hydrogen) atoms. The average Bonchev–Trinajstić information content (AvgIpc) is 0.782. The second-order valence-electron chi connectivity index (χ2n) is 30.8. The van der Waals surface area contributed by atoms with Crippen molar-refractivity contribution in [3.8, 4) is 122 Å². The van der Waals surface area contributed by atoms with Gasteiger partial charge in [-0.15, -0.1) is 0 Å². The molecule has 2 heteroatoms. The zero-order chi connectivity index (χ0) is 79.9. The molecular formula is C118H82N2. The molecule has 0 aromatic heterocycles. The van der Waals surface area contributed by atoms with E-state index in [0.29, 0.717) is 0 Å². The van der Waals surface area contributed by atoms with Crippen molar-refractivity contribution in [1.29, 1.82) is 0 Å². The fourth-order valence-corrected chi connectivity index (χ4v) is 17.0. The van der Waals surface area contributed by atoms with Gasteiger partial charge in [0.05, 0.1) is 0 Å². The van der Waals surface area contributed by atoms with Gasteiger partial charge in [0.2, 0.25) is 0 Å². The van der Waals surface area contributed by atoms with Gasteiger partial charge in [0.1, 0.15) is 0 Å². The molecule has 0 atom stereocenters. The molecule has 0 aliphatic rings. The molecule has 0 fully saturated rings. The summed E-state index contributed by atoms with van der Waals surface area (Å²) in [5.41, 5.74) is 33.1. The van der Waals surface area contributed by atoms with Gasteiger partial charge < -0.3 is 9.80 Å². The highest BCUT2D eigenvalue weighted by atomic mass is 15.1. The molecule has 0 aliphatic heterocycles. The van der Waals surface area contributed by atoms with Crippen molar-refractivity contribution in [3.63, 3.8) is 0 Å². The molecule has 0 saturated heterocycles. The van der Waals surface area contributed by atoms with Crippen LogP contribution in [0.5, 0.6) is 0 Å². The van der Waals surface area contributed by atoms with E-state index in [1.807, 2.05) is 0 Å². The second kappa shape index (κ2) is 33.2. The molecule has 21 rings (SSSR count). The average molecular weight is 1530 g/mol. The first-order chi connectivity index (χ1) is 59.4. The summed E-state index contributed by atoms with van der Waals surface area (Å²) in [5, 5.41) is 10.1. The summed E-state index contributed by atoms with van der Waals surface area (Å²) < 4.78 is 0. The Labute approximate surface area is 702 Å². The first-order valence-corrected chi connectivity index (χ1v) is 41.2. The molecule has 21 aromatic carbocycles. The second-order valence-corrected chi connectivity index (χ2v) is 30.8. The normalized spacial score (nSPS) is 11.2. The van der Waals surface area contributed by atoms with Gasteiger partial charge in [-0.1, -0.05) is 400 Å². The number of nitrogens with zero attached hydrogens (tertiary/aromatic N) is 2. The van der Waals surface area contributed by atoms with Crippen LogP contribution in [-0.4, -0.2) is 0 Å². The van der Waals surface area contributed by atoms with E-state index in [1.54, 1.807) is 0 Å². The SMILES string of the molecule is c1ccc(-c2cccc(-c3ccc(N(c4ccc(-c5ccc(-c6ccc7ccccc7c6)cc5)cc4)c4ccc(-c5ccc(-c6cccc7ccccc67)cc5)cc4)cc3)c2)cc1.c1ccc(-c2cccc(-c3ccc(N(c4ccc(-c5ccc(-c6ccc7ccccc7c6)cc5)cc4)c4ccc(-c5cccc6ccccc56)cc4)cc3)c2)cc1. The Morgan fingerprint density at radius 3 is 0.583 bits per heavy atom. The number of hydrogen-bond acceptors (Lipinski definition) is 2. The number of fused-ring (bicyclic) bond motifs is 4. The maximum Gasteiger partial charge on any atom is 0.0462 e. The third kappa shape index (κ3) is 15.5. The summed E-state index contributed by atoms with van der Waals surface area (Å²) in [6, 6.07) is 180. The third-order valence-electron chi connectivity index (χ3n) is 23.4. The molecule has 21 aromatic rings. The van der Waals surface area contributed by atoms with Crippen LogP contribution in [0.3, 0.4) is 0 Å². The van der Waals surface area contributed by atoms with Crippen LogP contribution in [0, 0.1) is 0 Å². The molecular weight excluding hydrogens is 1450 g/mol. The van der Waals surface area contributed by atoms with Crippen LogP contribution < -0.4 is 9.80 Å². The Hall–Kier alpha value is -15.7. The van der Waals surface area contributed by atoms with Crippen molar-refractivity contribution in [2.75, 3.05) is 9.80 Å². The van der Waals surface area contributed by atoms with Crippen LogP contribution in [0.25, 0.3) is 165 Å². The van der Waals surface area contributed by atoms with Crippen molar-refractivity contribution in [2.24, 2.45) is 0 Å². The minimum absolute atomic E-state index is 1.09. The van der Waals surface area contributed by atoms with Crippen LogP contribution in [-0.2, 0) is 0 Å². The predicted molar refractivity (Wildman–Crippen MR) is 512 cm³/mol. The molecule has 0 heterocycles. The van der Waals surface area contributed by atoms with Gasteiger partial charge in [-0.2, -0.15) is 0 Å². The standard InChI is InChI=1S/C62H43N.C56H39N/c1-2-10-44(11-3-1)55-16-8-17-56(42-55)51-34-40-60(41-35-51)63(58-36-30-48(31-37-58)46-20-22-50(23-21-46)57-29-26-45-12-4-5-14-54(45)43-57)59-38-32-49(33-39-59)47-24-27-53(28-25-47)62-19-9-15-52-13-6-7-18-61(52)62;1-2-10-40(11-3-1)49-16-8-17-50(38-49)45-28-34-53(35-29-45)57(54-36-30-47(31-37-54)56-19-9-15-46-13-6-7-18-55(46)56)52-32-26-43(27-33-52)42-20-22-44(23-21-42)51-25-24-41-12-4-5-14-48(41)39-51/h1-43H;1-39H. The first kappa shape index (κ1) is 73.2. The summed E-state index contributed by atoms with van der Waals surface area (Å²) in [7, 11) is 0. The van der Waals surface area contributed by atoms with E-state index < -0.39 is 0 Å². The maximum atomic E-state index is 2.35. The highest BCUT2D eigenvalue weighted by molar-refractivity contribution is 5.99. The van der Waals surface area contributed by atoms with E-state index in [0.717, 1.165) is 34.1 Å². The topological polar surface area (TPSA) is 6.48 Å². The summed E-state index contributed by atoms with van der Waals surface area (Å²) >= 11 is 0. The molecule has 564 valence electrons. The molecule has 0 bridgehead atoms. The lowest BCUT2D eigenvalue weighted by Gasteiger charge is -2.26. The van der Waals surface area contributed by atoms with Gasteiger partial charge in [-0.05, 0) is 263 Å². The van der Waals surface area contributed by atoms with Crippen LogP contribution >= 0.6 is 0 Å². The van der Waals surface area contributed by atoms with Gasteiger partial charge >= 0.3 is 0 Å². The largest absolute Gasteiger partial charge is 0.311 e. The van der Waals surface area contributed by atoms with E-state index in [1.165, 1.54) is 165 Å². The summed E-state index contributed by atoms with van der Waals surface area (Å²) in [5.74, 6) is 0. The number of anilines is 6. The molecule has 0 aliphatic carbocycles. The van der Waals surface area contributed by atoms with Gasteiger partial charge in [0.15, 0.2) is 0 Å². The van der Waals surface area contributed by atoms with Crippen molar-refractivity contribution in [1.82, 2.24) is 0 Å². The molecule has 0 N–H and O–H groups in total. The van der Waals surface area contributed by atoms with Gasteiger partial charge in [-0.25, -0.2) is 0 Å². The molecule has 2 nitrogen and oxygen atoms in total. The van der Waals surface area contributed by atoms with E-state index in [4.69, 9.17) is 0 Å². The lowest BCUT2D eigenvalue weighted by Crippen LogP contribution is -2.09. The lowest BCUT2D eigenvalue weighted by molar-refractivity contribution is 1.28. The Bertz CT molecular complexity index is 7150. The van der Waals surface area contributed by atoms with Crippen LogP contribution in [0.1, 0.15) is 0 Å². The zero-order valence-corrected chi connectivity index (χ0v) is 66.2. The van der Waals surface area contributed by atoms with E-state index >= 15 is 0 Å². The Balaban J connectivity index is 0.000000154. The molecule has 0 saturated carbocycles. The smallest absolute Gasteiger partial charge is 0.0462 e.